The Bertz CT molecular complexity index is 747. The maximum Gasteiger partial charge on any atom is 0.141 e. The highest BCUT2D eigenvalue weighted by molar-refractivity contribution is 6.35. The number of anilines is 2. The minimum atomic E-state index is 0. The molecular formula is C14H10Cl3N3. The quantitative estimate of drug-likeness (QED) is 0.711. The van der Waals surface area contributed by atoms with Crippen LogP contribution in [0, 0.1) is 0 Å². The Labute approximate surface area is 132 Å². The number of aromatic nitrogens is 2. The molecule has 0 aliphatic heterocycles. The van der Waals surface area contributed by atoms with Crippen LogP contribution in [0.4, 0.5) is 11.5 Å². The van der Waals surface area contributed by atoms with E-state index in [9.17, 15) is 0 Å². The number of benzene rings is 2. The third-order valence-corrected chi connectivity index (χ3v) is 3.24. The zero-order chi connectivity index (χ0) is 13.2. The molecule has 0 amide bonds. The molecule has 0 saturated heterocycles. The van der Waals surface area contributed by atoms with Gasteiger partial charge in [-0.1, -0.05) is 35.3 Å². The molecule has 0 radical (unpaired) electrons. The third-order valence-electron chi connectivity index (χ3n) is 2.70. The summed E-state index contributed by atoms with van der Waals surface area (Å²) < 4.78 is 0. The summed E-state index contributed by atoms with van der Waals surface area (Å²) in [5.41, 5.74) is 1.59. The maximum absolute atomic E-state index is 6.12. The van der Waals surface area contributed by atoms with E-state index in [0.717, 1.165) is 16.6 Å². The Morgan fingerprint density at radius 1 is 0.950 bits per heavy atom. The first kappa shape index (κ1) is 14.9. The SMILES string of the molecule is Cl.Clc1cccc(Nc2ncnc3c(Cl)cccc23)c1. The van der Waals surface area contributed by atoms with Gasteiger partial charge in [0.1, 0.15) is 12.1 Å². The van der Waals surface area contributed by atoms with Crippen molar-refractivity contribution in [3.05, 3.63) is 58.8 Å². The highest BCUT2D eigenvalue weighted by Gasteiger charge is 2.06. The molecule has 3 rings (SSSR count). The van der Waals surface area contributed by atoms with Crippen LogP contribution in [-0.2, 0) is 0 Å². The molecule has 1 heterocycles. The van der Waals surface area contributed by atoms with E-state index in [1.165, 1.54) is 6.33 Å². The Morgan fingerprint density at radius 3 is 2.55 bits per heavy atom. The lowest BCUT2D eigenvalue weighted by molar-refractivity contribution is 1.22. The van der Waals surface area contributed by atoms with Gasteiger partial charge in [0.2, 0.25) is 0 Å². The molecule has 0 unspecified atom stereocenters. The average molecular weight is 327 g/mol. The van der Waals surface area contributed by atoms with E-state index in [4.69, 9.17) is 23.2 Å². The molecule has 0 spiro atoms. The number of hydrogen-bond donors (Lipinski definition) is 1. The molecule has 3 aromatic rings. The molecule has 2 aromatic carbocycles. The molecular weight excluding hydrogens is 317 g/mol. The molecule has 102 valence electrons. The molecule has 20 heavy (non-hydrogen) atoms. The third kappa shape index (κ3) is 2.96. The van der Waals surface area contributed by atoms with Gasteiger partial charge >= 0.3 is 0 Å². The number of fused-ring (bicyclic) bond motifs is 1. The number of nitrogens with zero attached hydrogens (tertiary/aromatic N) is 2. The van der Waals surface area contributed by atoms with E-state index >= 15 is 0 Å². The average Bonchev–Trinajstić information content (AvgIpc) is 2.40. The highest BCUT2D eigenvalue weighted by Crippen LogP contribution is 2.27. The largest absolute Gasteiger partial charge is 0.340 e. The van der Waals surface area contributed by atoms with Crippen molar-refractivity contribution >= 4 is 58.0 Å². The fourth-order valence-electron chi connectivity index (χ4n) is 1.85. The highest BCUT2D eigenvalue weighted by atomic mass is 35.5. The van der Waals surface area contributed by atoms with Crippen LogP contribution in [0.25, 0.3) is 10.9 Å². The topological polar surface area (TPSA) is 37.8 Å². The summed E-state index contributed by atoms with van der Waals surface area (Å²) in [6.07, 6.45) is 1.49. The number of rotatable bonds is 2. The first-order valence-corrected chi connectivity index (χ1v) is 6.41. The van der Waals surface area contributed by atoms with E-state index in [-0.39, 0.29) is 12.4 Å². The smallest absolute Gasteiger partial charge is 0.141 e. The van der Waals surface area contributed by atoms with Crippen molar-refractivity contribution in [2.24, 2.45) is 0 Å². The van der Waals surface area contributed by atoms with Crippen LogP contribution in [0.15, 0.2) is 48.8 Å². The first-order valence-electron chi connectivity index (χ1n) is 5.66. The Morgan fingerprint density at radius 2 is 1.75 bits per heavy atom. The Kier molecular flexibility index (Phi) is 4.65. The lowest BCUT2D eigenvalue weighted by atomic mass is 10.2. The molecule has 6 heteroatoms. The number of nitrogens with one attached hydrogen (secondary N) is 1. The van der Waals surface area contributed by atoms with Crippen molar-refractivity contribution in [3.8, 4) is 0 Å². The van der Waals surface area contributed by atoms with Crippen LogP contribution < -0.4 is 5.32 Å². The van der Waals surface area contributed by atoms with Crippen LogP contribution in [0.1, 0.15) is 0 Å². The van der Waals surface area contributed by atoms with Crippen LogP contribution in [0.2, 0.25) is 10.0 Å². The van der Waals surface area contributed by atoms with Crippen molar-refractivity contribution in [1.82, 2.24) is 9.97 Å². The monoisotopic (exact) mass is 325 g/mol. The second-order valence-corrected chi connectivity index (χ2v) is 4.84. The summed E-state index contributed by atoms with van der Waals surface area (Å²) in [5, 5.41) is 5.36. The molecule has 0 saturated carbocycles. The maximum atomic E-state index is 6.12. The second kappa shape index (κ2) is 6.27. The standard InChI is InChI=1S/C14H9Cl2N3.ClH/c15-9-3-1-4-10(7-9)19-14-11-5-2-6-12(16)13(11)17-8-18-14;/h1-8H,(H,17,18,19);1H. The fraction of sp³-hybridized carbons (Fsp3) is 0. The first-order chi connectivity index (χ1) is 9.24. The second-order valence-electron chi connectivity index (χ2n) is 3.99. The normalized spacial score (nSPS) is 10.1. The zero-order valence-electron chi connectivity index (χ0n) is 10.2. The molecule has 0 bridgehead atoms. The summed E-state index contributed by atoms with van der Waals surface area (Å²) in [6.45, 7) is 0. The van der Waals surface area contributed by atoms with E-state index in [1.54, 1.807) is 6.07 Å². The van der Waals surface area contributed by atoms with Crippen molar-refractivity contribution in [1.29, 1.82) is 0 Å². The predicted octanol–water partition coefficient (Wildman–Crippen LogP) is 5.10. The van der Waals surface area contributed by atoms with Gasteiger partial charge in [0.15, 0.2) is 0 Å². The molecule has 1 N–H and O–H groups in total. The lowest BCUT2D eigenvalue weighted by Gasteiger charge is -2.09. The van der Waals surface area contributed by atoms with Gasteiger partial charge in [-0.25, -0.2) is 9.97 Å². The van der Waals surface area contributed by atoms with Crippen LogP contribution >= 0.6 is 35.6 Å². The Balaban J connectivity index is 0.00000147. The lowest BCUT2D eigenvalue weighted by Crippen LogP contribution is -1.96. The summed E-state index contributed by atoms with van der Waals surface area (Å²) in [7, 11) is 0. The zero-order valence-corrected chi connectivity index (χ0v) is 12.5. The summed E-state index contributed by atoms with van der Waals surface area (Å²) in [4.78, 5) is 8.44. The van der Waals surface area contributed by atoms with Gasteiger partial charge in [0.05, 0.1) is 10.5 Å². The van der Waals surface area contributed by atoms with Crippen molar-refractivity contribution in [3.63, 3.8) is 0 Å². The van der Waals surface area contributed by atoms with Gasteiger partial charge in [0, 0.05) is 16.1 Å². The van der Waals surface area contributed by atoms with E-state index in [2.05, 4.69) is 15.3 Å². The van der Waals surface area contributed by atoms with Crippen LogP contribution in [0.5, 0.6) is 0 Å². The predicted molar refractivity (Wildman–Crippen MR) is 86.5 cm³/mol. The van der Waals surface area contributed by atoms with Gasteiger partial charge in [-0.3, -0.25) is 0 Å². The van der Waals surface area contributed by atoms with Gasteiger partial charge in [0.25, 0.3) is 0 Å². The van der Waals surface area contributed by atoms with Gasteiger partial charge in [-0.15, -0.1) is 12.4 Å². The minimum absolute atomic E-state index is 0. The fourth-order valence-corrected chi connectivity index (χ4v) is 2.27. The number of para-hydroxylation sites is 1. The molecule has 0 atom stereocenters. The van der Waals surface area contributed by atoms with Crippen molar-refractivity contribution < 1.29 is 0 Å². The van der Waals surface area contributed by atoms with Crippen LogP contribution in [0.3, 0.4) is 0 Å². The van der Waals surface area contributed by atoms with Crippen molar-refractivity contribution in [2.45, 2.75) is 0 Å². The van der Waals surface area contributed by atoms with E-state index in [1.807, 2.05) is 36.4 Å². The molecule has 1 aromatic heterocycles. The summed E-state index contributed by atoms with van der Waals surface area (Å²) >= 11 is 12.1. The molecule has 0 aliphatic rings. The number of halogens is 3. The Hall–Kier alpha value is -1.55. The van der Waals surface area contributed by atoms with E-state index < -0.39 is 0 Å². The van der Waals surface area contributed by atoms with Crippen molar-refractivity contribution in [2.75, 3.05) is 5.32 Å². The molecule has 3 nitrogen and oxygen atoms in total. The molecule has 0 fully saturated rings. The van der Waals surface area contributed by atoms with Gasteiger partial charge in [-0.05, 0) is 30.3 Å². The molecule has 0 aliphatic carbocycles. The summed E-state index contributed by atoms with van der Waals surface area (Å²) in [6, 6.07) is 13.1. The van der Waals surface area contributed by atoms with Crippen LogP contribution in [-0.4, -0.2) is 9.97 Å². The number of hydrogen-bond acceptors (Lipinski definition) is 3. The minimum Gasteiger partial charge on any atom is -0.340 e. The summed E-state index contributed by atoms with van der Waals surface area (Å²) in [5.74, 6) is 0.703. The van der Waals surface area contributed by atoms with Gasteiger partial charge < -0.3 is 5.32 Å². The van der Waals surface area contributed by atoms with E-state index in [0.29, 0.717) is 15.9 Å². The van der Waals surface area contributed by atoms with Gasteiger partial charge in [-0.2, -0.15) is 0 Å².